The maximum Gasteiger partial charge on any atom is 0.335 e. The predicted octanol–water partition coefficient (Wildman–Crippen LogP) is 1.21. The maximum atomic E-state index is 12.9. The number of nitrogens with one attached hydrogen (secondary N) is 1. The lowest BCUT2D eigenvalue weighted by atomic mass is 9.59. The van der Waals surface area contributed by atoms with Crippen LogP contribution in [0.15, 0.2) is 29.5 Å². The van der Waals surface area contributed by atoms with Gasteiger partial charge in [0.05, 0.1) is 25.2 Å². The van der Waals surface area contributed by atoms with E-state index in [-0.39, 0.29) is 23.8 Å². The van der Waals surface area contributed by atoms with E-state index in [1.165, 1.54) is 14.0 Å². The van der Waals surface area contributed by atoms with E-state index in [1.54, 1.807) is 7.11 Å². The number of benzene rings is 1. The van der Waals surface area contributed by atoms with E-state index >= 15 is 0 Å². The topological polar surface area (TPSA) is 88.1 Å². The number of fused-ring (bicyclic) bond motifs is 2. The van der Waals surface area contributed by atoms with Crippen LogP contribution >= 0.6 is 0 Å². The molecule has 1 aromatic rings. The third-order valence-electron chi connectivity index (χ3n) is 7.33. The van der Waals surface area contributed by atoms with Gasteiger partial charge in [-0.15, -0.1) is 0 Å². The van der Waals surface area contributed by atoms with Crippen LogP contribution in [0.4, 0.5) is 5.69 Å². The second-order valence-corrected chi connectivity index (χ2v) is 8.29. The van der Waals surface area contributed by atoms with Gasteiger partial charge in [0.15, 0.2) is 5.78 Å². The minimum absolute atomic E-state index is 0.127. The molecule has 1 spiro atoms. The molecule has 148 valence electrons. The van der Waals surface area contributed by atoms with Crippen LogP contribution in [0.25, 0.3) is 0 Å². The van der Waals surface area contributed by atoms with Gasteiger partial charge in [0.2, 0.25) is 0 Å². The summed E-state index contributed by atoms with van der Waals surface area (Å²) >= 11 is 0. The summed E-state index contributed by atoms with van der Waals surface area (Å²) < 4.78 is 10.5. The molecule has 1 aromatic carbocycles. The van der Waals surface area contributed by atoms with E-state index in [2.05, 4.69) is 16.3 Å². The Hall–Kier alpha value is -2.38. The first-order chi connectivity index (χ1) is 13.4. The normalized spacial score (nSPS) is 35.1. The van der Waals surface area contributed by atoms with Gasteiger partial charge in [0, 0.05) is 36.0 Å². The zero-order chi connectivity index (χ0) is 19.8. The summed E-state index contributed by atoms with van der Waals surface area (Å²) in [6, 6.07) is 6.08. The van der Waals surface area contributed by atoms with E-state index in [1.807, 2.05) is 12.1 Å². The van der Waals surface area contributed by atoms with E-state index in [0.29, 0.717) is 12.0 Å². The average Bonchev–Trinajstić information content (AvgIpc) is 3.23. The second kappa shape index (κ2) is 5.58. The molecule has 3 heterocycles. The fraction of sp³-hybridized carbons (Fsp3) is 0.524. The summed E-state index contributed by atoms with van der Waals surface area (Å²) in [7, 11) is 2.97. The van der Waals surface area contributed by atoms with Gasteiger partial charge >= 0.3 is 5.97 Å². The van der Waals surface area contributed by atoms with E-state index in [9.17, 15) is 14.7 Å². The number of hydrogen-bond acceptors (Lipinski definition) is 7. The van der Waals surface area contributed by atoms with E-state index in [4.69, 9.17) is 9.47 Å². The minimum atomic E-state index is -1.59. The molecule has 0 aromatic heterocycles. The van der Waals surface area contributed by atoms with Crippen molar-refractivity contribution < 1.29 is 24.2 Å². The highest BCUT2D eigenvalue weighted by Gasteiger charge is 2.66. The Morgan fingerprint density at radius 3 is 2.79 bits per heavy atom. The zero-order valence-electron chi connectivity index (χ0n) is 16.2. The number of rotatable bonds is 3. The van der Waals surface area contributed by atoms with Gasteiger partial charge in [-0.3, -0.25) is 9.69 Å². The summed E-state index contributed by atoms with van der Waals surface area (Å²) in [6.45, 7) is 2.41. The van der Waals surface area contributed by atoms with E-state index < -0.39 is 17.5 Å². The average molecular weight is 384 g/mol. The van der Waals surface area contributed by atoms with Crippen LogP contribution in [0.1, 0.15) is 25.3 Å². The van der Waals surface area contributed by atoms with Gasteiger partial charge in [-0.25, -0.2) is 4.79 Å². The smallest absolute Gasteiger partial charge is 0.335 e. The Labute approximate surface area is 163 Å². The summed E-state index contributed by atoms with van der Waals surface area (Å²) in [5, 5.41) is 14.8. The third kappa shape index (κ3) is 1.91. The van der Waals surface area contributed by atoms with Gasteiger partial charge in [-0.1, -0.05) is 6.07 Å². The molecule has 0 saturated carbocycles. The molecule has 7 heteroatoms. The number of ketones is 1. The van der Waals surface area contributed by atoms with Gasteiger partial charge in [-0.2, -0.15) is 0 Å². The number of anilines is 1. The quantitative estimate of drug-likeness (QED) is 0.758. The molecule has 5 rings (SSSR count). The monoisotopic (exact) mass is 384 g/mol. The Kier molecular flexibility index (Phi) is 3.53. The second-order valence-electron chi connectivity index (χ2n) is 8.29. The SMILES string of the molecule is COC(=O)C1=C2Nc3cc(OC)ccc3C23CCN2CC(O)(C(C)=O)C1CC23. The number of aliphatic hydroxyl groups is 1. The first kappa shape index (κ1) is 17.7. The molecular formula is C21H24N2O5. The summed E-state index contributed by atoms with van der Waals surface area (Å²) in [4.78, 5) is 27.6. The van der Waals surface area contributed by atoms with Gasteiger partial charge < -0.3 is 19.9 Å². The molecule has 4 atom stereocenters. The molecule has 2 saturated heterocycles. The predicted molar refractivity (Wildman–Crippen MR) is 101 cm³/mol. The number of esters is 1. The minimum Gasteiger partial charge on any atom is -0.497 e. The molecule has 0 radical (unpaired) electrons. The summed E-state index contributed by atoms with van der Waals surface area (Å²) in [5.74, 6) is -0.636. The van der Waals surface area contributed by atoms with Crippen LogP contribution in [-0.4, -0.2) is 60.7 Å². The molecule has 1 aliphatic carbocycles. The van der Waals surface area contributed by atoms with Crippen molar-refractivity contribution in [2.24, 2.45) is 5.92 Å². The number of methoxy groups -OCH3 is 2. The van der Waals surface area contributed by atoms with Crippen LogP contribution in [-0.2, 0) is 19.7 Å². The highest BCUT2D eigenvalue weighted by molar-refractivity contribution is 5.97. The lowest BCUT2D eigenvalue weighted by Gasteiger charge is -2.53. The Bertz CT molecular complexity index is 941. The number of carbonyl (C=O) groups excluding carboxylic acids is 2. The number of Topliss-reactive ketones (excluding diaryl/α,β-unsaturated/α-hetero) is 1. The van der Waals surface area contributed by atoms with Gasteiger partial charge in [0.1, 0.15) is 11.4 Å². The van der Waals surface area contributed by atoms with Crippen molar-refractivity contribution in [3.63, 3.8) is 0 Å². The molecule has 7 nitrogen and oxygen atoms in total. The van der Waals surface area contributed by atoms with Crippen molar-refractivity contribution in [1.82, 2.24) is 4.90 Å². The lowest BCUT2D eigenvalue weighted by molar-refractivity contribution is -0.154. The Morgan fingerprint density at radius 1 is 1.32 bits per heavy atom. The number of piperidine rings is 1. The number of ether oxygens (including phenoxy) is 2. The Balaban J connectivity index is 1.79. The highest BCUT2D eigenvalue weighted by Crippen LogP contribution is 2.62. The highest BCUT2D eigenvalue weighted by atomic mass is 16.5. The Morgan fingerprint density at radius 2 is 2.11 bits per heavy atom. The van der Waals surface area contributed by atoms with Crippen LogP contribution in [0.2, 0.25) is 0 Å². The first-order valence-electron chi connectivity index (χ1n) is 9.62. The van der Waals surface area contributed by atoms with Crippen molar-refractivity contribution in [3.05, 3.63) is 35.0 Å². The van der Waals surface area contributed by atoms with Crippen molar-refractivity contribution >= 4 is 17.4 Å². The molecule has 4 aliphatic rings. The van der Waals surface area contributed by atoms with Crippen molar-refractivity contribution in [2.45, 2.75) is 36.8 Å². The van der Waals surface area contributed by atoms with E-state index in [0.717, 1.165) is 35.7 Å². The fourth-order valence-corrected chi connectivity index (χ4v) is 6.01. The molecular weight excluding hydrogens is 360 g/mol. The standard InChI is InChI=1S/C21H24N2O5/c1-11(24)21(26)10-23-7-6-20-13-5-4-12(27-2)8-15(13)22-18(20)17(19(25)28-3)14(21)9-16(20)23/h4-5,8,14,16,22,26H,6-7,9-10H2,1-3H3. The molecule has 4 unspecified atom stereocenters. The molecule has 2 N–H and O–H groups in total. The molecule has 28 heavy (non-hydrogen) atoms. The van der Waals surface area contributed by atoms with Crippen molar-refractivity contribution in [1.29, 1.82) is 0 Å². The van der Waals surface area contributed by atoms with Gasteiger partial charge in [-0.05, 0) is 37.9 Å². The lowest BCUT2D eigenvalue weighted by Crippen LogP contribution is -2.65. The maximum absolute atomic E-state index is 12.9. The molecule has 2 bridgehead atoms. The molecule has 0 amide bonds. The third-order valence-corrected chi connectivity index (χ3v) is 7.33. The fourth-order valence-electron chi connectivity index (χ4n) is 6.01. The molecule has 3 aliphatic heterocycles. The largest absolute Gasteiger partial charge is 0.497 e. The van der Waals surface area contributed by atoms with Crippen LogP contribution in [0, 0.1) is 5.92 Å². The number of carbonyl (C=O) groups is 2. The zero-order valence-corrected chi connectivity index (χ0v) is 16.2. The van der Waals surface area contributed by atoms with Crippen LogP contribution in [0.3, 0.4) is 0 Å². The van der Waals surface area contributed by atoms with Crippen LogP contribution in [0.5, 0.6) is 5.75 Å². The molecule has 2 fully saturated rings. The number of nitrogens with zero attached hydrogens (tertiary/aromatic N) is 1. The number of hydrogen-bond donors (Lipinski definition) is 2. The van der Waals surface area contributed by atoms with Crippen molar-refractivity contribution in [3.8, 4) is 5.75 Å². The van der Waals surface area contributed by atoms with Crippen LogP contribution < -0.4 is 10.1 Å². The van der Waals surface area contributed by atoms with Gasteiger partial charge in [0.25, 0.3) is 0 Å². The summed E-state index contributed by atoms with van der Waals surface area (Å²) in [6.07, 6.45) is 1.37. The first-order valence-corrected chi connectivity index (χ1v) is 9.62. The van der Waals surface area contributed by atoms with Crippen molar-refractivity contribution in [2.75, 3.05) is 32.6 Å². The summed E-state index contributed by atoms with van der Waals surface area (Å²) in [5.41, 5.74) is 1.32.